The Hall–Kier alpha value is -0.380. The van der Waals surface area contributed by atoms with Crippen LogP contribution in [0.3, 0.4) is 0 Å². The second-order valence-electron chi connectivity index (χ2n) is 3.88. The van der Waals surface area contributed by atoms with Crippen LogP contribution in [0, 0.1) is 0 Å². The van der Waals surface area contributed by atoms with E-state index in [1.807, 2.05) is 13.0 Å². The number of benzene rings is 1. The van der Waals surface area contributed by atoms with Crippen molar-refractivity contribution in [3.8, 4) is 11.1 Å². The lowest BCUT2D eigenvalue weighted by molar-refractivity contribution is 0.489. The smallest absolute Gasteiger partial charge is 0.125 e. The molecule has 1 aromatic heterocycles. The number of hydrogen-bond acceptors (Lipinski definition) is 2. The summed E-state index contributed by atoms with van der Waals surface area (Å²) in [6.45, 7) is 3.44. The Balaban J connectivity index is 2.53. The van der Waals surface area contributed by atoms with Gasteiger partial charge in [0.05, 0.1) is 32.9 Å². The van der Waals surface area contributed by atoms with E-state index >= 15 is 0 Å². The molecule has 19 heavy (non-hydrogen) atoms. The standard InChI is InChI=1S/C13H11Cl4NO/c1-2-18-6-10-7(3-4-19-10)11-8(14)5-9(15)12(16)13(11)17/h3-5,18H,2,6H2,1H3. The average Bonchev–Trinajstić information content (AvgIpc) is 2.82. The van der Waals surface area contributed by atoms with Gasteiger partial charge < -0.3 is 9.73 Å². The predicted molar refractivity (Wildman–Crippen MR) is 81.6 cm³/mol. The fourth-order valence-corrected chi connectivity index (χ4v) is 2.87. The van der Waals surface area contributed by atoms with Gasteiger partial charge in [0.25, 0.3) is 0 Å². The molecular weight excluding hydrogens is 328 g/mol. The number of rotatable bonds is 4. The first kappa shape index (κ1) is 15.0. The Labute approximate surface area is 131 Å². The zero-order valence-electron chi connectivity index (χ0n) is 10.1. The van der Waals surface area contributed by atoms with E-state index < -0.39 is 0 Å². The quantitative estimate of drug-likeness (QED) is 0.574. The highest BCUT2D eigenvalue weighted by molar-refractivity contribution is 6.51. The maximum atomic E-state index is 6.24. The molecule has 6 heteroatoms. The molecule has 2 aromatic rings. The van der Waals surface area contributed by atoms with E-state index in [-0.39, 0.29) is 0 Å². The van der Waals surface area contributed by atoms with Gasteiger partial charge in [-0.1, -0.05) is 53.3 Å². The van der Waals surface area contributed by atoms with Gasteiger partial charge in [0, 0.05) is 11.1 Å². The minimum atomic E-state index is 0.290. The van der Waals surface area contributed by atoms with Gasteiger partial charge in [-0.2, -0.15) is 0 Å². The minimum absolute atomic E-state index is 0.290. The average molecular weight is 339 g/mol. The molecule has 0 bridgehead atoms. The Morgan fingerprint density at radius 3 is 2.53 bits per heavy atom. The topological polar surface area (TPSA) is 25.2 Å². The fraction of sp³-hybridized carbons (Fsp3) is 0.231. The van der Waals surface area contributed by atoms with Gasteiger partial charge in [0.2, 0.25) is 0 Å². The fourth-order valence-electron chi connectivity index (χ4n) is 1.75. The lowest BCUT2D eigenvalue weighted by atomic mass is 10.1. The van der Waals surface area contributed by atoms with Crippen LogP contribution in [0.25, 0.3) is 11.1 Å². The van der Waals surface area contributed by atoms with Gasteiger partial charge in [-0.3, -0.25) is 0 Å². The Morgan fingerprint density at radius 2 is 1.84 bits per heavy atom. The molecule has 0 saturated carbocycles. The van der Waals surface area contributed by atoms with Crippen molar-refractivity contribution in [1.82, 2.24) is 5.32 Å². The highest BCUT2D eigenvalue weighted by atomic mass is 35.5. The molecule has 1 heterocycles. The maximum absolute atomic E-state index is 6.24. The summed E-state index contributed by atoms with van der Waals surface area (Å²) in [7, 11) is 0. The SMILES string of the molecule is CCNCc1occc1-c1c(Cl)cc(Cl)c(Cl)c1Cl. The molecule has 0 saturated heterocycles. The molecule has 0 spiro atoms. The van der Waals surface area contributed by atoms with Gasteiger partial charge in [0.15, 0.2) is 0 Å². The van der Waals surface area contributed by atoms with Gasteiger partial charge in [-0.15, -0.1) is 0 Å². The maximum Gasteiger partial charge on any atom is 0.125 e. The summed E-state index contributed by atoms with van der Waals surface area (Å²) >= 11 is 24.5. The second kappa shape index (κ2) is 6.38. The molecule has 102 valence electrons. The summed E-state index contributed by atoms with van der Waals surface area (Å²) in [6.07, 6.45) is 1.59. The predicted octanol–water partition coefficient (Wildman–Crippen LogP) is 5.67. The van der Waals surface area contributed by atoms with Crippen LogP contribution in [0.4, 0.5) is 0 Å². The third-order valence-corrected chi connectivity index (χ3v) is 4.22. The van der Waals surface area contributed by atoms with Crippen LogP contribution in [0.1, 0.15) is 12.7 Å². The van der Waals surface area contributed by atoms with E-state index in [4.69, 9.17) is 50.8 Å². The van der Waals surface area contributed by atoms with E-state index in [9.17, 15) is 0 Å². The molecule has 2 nitrogen and oxygen atoms in total. The third-order valence-electron chi connectivity index (χ3n) is 2.66. The summed E-state index contributed by atoms with van der Waals surface area (Å²) in [4.78, 5) is 0. The van der Waals surface area contributed by atoms with E-state index in [0.717, 1.165) is 17.9 Å². The van der Waals surface area contributed by atoms with E-state index in [0.29, 0.717) is 32.2 Å². The molecule has 0 unspecified atom stereocenters. The minimum Gasteiger partial charge on any atom is -0.467 e. The Bertz CT molecular complexity index is 595. The molecule has 0 aliphatic carbocycles. The molecule has 0 fully saturated rings. The normalized spacial score (nSPS) is 11.0. The van der Waals surface area contributed by atoms with Gasteiger partial charge in [0.1, 0.15) is 5.76 Å². The van der Waals surface area contributed by atoms with Crippen LogP contribution < -0.4 is 5.32 Å². The Kier molecular flexibility index (Phi) is 5.04. The lowest BCUT2D eigenvalue weighted by Gasteiger charge is -2.10. The Morgan fingerprint density at radius 1 is 1.11 bits per heavy atom. The third kappa shape index (κ3) is 3.04. The van der Waals surface area contributed by atoms with Crippen LogP contribution in [0.5, 0.6) is 0 Å². The van der Waals surface area contributed by atoms with Crippen LogP contribution in [-0.4, -0.2) is 6.54 Å². The summed E-state index contributed by atoms with van der Waals surface area (Å²) in [5.41, 5.74) is 1.45. The summed E-state index contributed by atoms with van der Waals surface area (Å²) < 4.78 is 5.45. The van der Waals surface area contributed by atoms with E-state index in [2.05, 4.69) is 5.32 Å². The van der Waals surface area contributed by atoms with Crippen molar-refractivity contribution >= 4 is 46.4 Å². The molecule has 0 aliphatic heterocycles. The highest BCUT2D eigenvalue weighted by Gasteiger charge is 2.19. The summed E-state index contributed by atoms with van der Waals surface area (Å²) in [6, 6.07) is 3.39. The monoisotopic (exact) mass is 337 g/mol. The largest absolute Gasteiger partial charge is 0.467 e. The van der Waals surface area contributed by atoms with Crippen LogP contribution in [0.15, 0.2) is 22.8 Å². The number of nitrogens with one attached hydrogen (secondary N) is 1. The number of furan rings is 1. The van der Waals surface area contributed by atoms with Crippen molar-refractivity contribution in [1.29, 1.82) is 0 Å². The first-order chi connectivity index (χ1) is 9.06. The first-order valence-electron chi connectivity index (χ1n) is 5.66. The molecule has 0 aliphatic rings. The highest BCUT2D eigenvalue weighted by Crippen LogP contribution is 2.44. The van der Waals surface area contributed by atoms with Crippen molar-refractivity contribution in [2.24, 2.45) is 0 Å². The second-order valence-corrected chi connectivity index (χ2v) is 5.45. The summed E-state index contributed by atoms with van der Waals surface area (Å²) in [5.74, 6) is 0.754. The van der Waals surface area contributed by atoms with Crippen LogP contribution in [-0.2, 0) is 6.54 Å². The van der Waals surface area contributed by atoms with Crippen molar-refractivity contribution in [3.63, 3.8) is 0 Å². The summed E-state index contributed by atoms with van der Waals surface area (Å²) in [5, 5.41) is 4.58. The van der Waals surface area contributed by atoms with Crippen LogP contribution in [0.2, 0.25) is 20.1 Å². The van der Waals surface area contributed by atoms with Crippen molar-refractivity contribution < 1.29 is 4.42 Å². The zero-order valence-corrected chi connectivity index (χ0v) is 13.1. The molecule has 2 rings (SSSR count). The van der Waals surface area contributed by atoms with Crippen molar-refractivity contribution in [2.45, 2.75) is 13.5 Å². The molecule has 0 amide bonds. The zero-order chi connectivity index (χ0) is 14.0. The van der Waals surface area contributed by atoms with Crippen LogP contribution >= 0.6 is 46.4 Å². The first-order valence-corrected chi connectivity index (χ1v) is 7.17. The van der Waals surface area contributed by atoms with E-state index in [1.165, 1.54) is 0 Å². The number of halogens is 4. The molecule has 1 aromatic carbocycles. The van der Waals surface area contributed by atoms with E-state index in [1.54, 1.807) is 12.3 Å². The van der Waals surface area contributed by atoms with Gasteiger partial charge in [-0.25, -0.2) is 0 Å². The lowest BCUT2D eigenvalue weighted by Crippen LogP contribution is -2.11. The van der Waals surface area contributed by atoms with Gasteiger partial charge in [-0.05, 0) is 18.7 Å². The molecular formula is C13H11Cl4NO. The van der Waals surface area contributed by atoms with Gasteiger partial charge >= 0.3 is 0 Å². The number of hydrogen-bond donors (Lipinski definition) is 1. The van der Waals surface area contributed by atoms with Crippen molar-refractivity contribution in [2.75, 3.05) is 6.54 Å². The molecule has 0 radical (unpaired) electrons. The molecule has 1 N–H and O–H groups in total. The van der Waals surface area contributed by atoms with Crippen molar-refractivity contribution in [3.05, 3.63) is 44.2 Å². The molecule has 0 atom stereocenters.